The molecule has 0 spiro atoms. The minimum atomic E-state index is -4.16. The van der Waals surface area contributed by atoms with Gasteiger partial charge in [-0.15, -0.1) is 0 Å². The van der Waals surface area contributed by atoms with Gasteiger partial charge in [0.2, 0.25) is 11.3 Å². The molecule has 0 aromatic heterocycles. The van der Waals surface area contributed by atoms with Crippen molar-refractivity contribution in [3.63, 3.8) is 0 Å². The highest BCUT2D eigenvalue weighted by atomic mass is 32.2. The zero-order chi connectivity index (χ0) is 9.61. The number of halogens is 3. The summed E-state index contributed by atoms with van der Waals surface area (Å²) in [4.78, 5) is 0. The molecule has 0 aliphatic heterocycles. The van der Waals surface area contributed by atoms with Crippen LogP contribution in [0.25, 0.3) is 0 Å². The molecule has 3 nitrogen and oxygen atoms in total. The summed E-state index contributed by atoms with van der Waals surface area (Å²) in [6, 6.07) is 0. The van der Waals surface area contributed by atoms with Gasteiger partial charge < -0.3 is 0 Å². The van der Waals surface area contributed by atoms with Crippen molar-refractivity contribution in [3.05, 3.63) is 0 Å². The van der Waals surface area contributed by atoms with Crippen LogP contribution >= 0.6 is 11.8 Å². The quantitative estimate of drug-likeness (QED) is 0.540. The minimum Gasteiger partial charge on any atom is -0.294 e. The van der Waals surface area contributed by atoms with E-state index in [4.69, 9.17) is 4.55 Å². The monoisotopic (exact) mass is 223 g/mol. The van der Waals surface area contributed by atoms with Gasteiger partial charge in [0.25, 0.3) is 0 Å². The number of thioether (sulfide) groups is 1. The van der Waals surface area contributed by atoms with Gasteiger partial charge in [-0.3, -0.25) is 4.55 Å². The Morgan fingerprint density at radius 1 is 1.50 bits per heavy atom. The first kappa shape index (κ1) is 12.2. The number of rotatable bonds is 5. The molecule has 0 rings (SSSR count). The van der Waals surface area contributed by atoms with Crippen LogP contribution in [0.3, 0.4) is 0 Å². The van der Waals surface area contributed by atoms with Gasteiger partial charge in [0.05, 0.1) is 5.75 Å². The van der Waals surface area contributed by atoms with Gasteiger partial charge in [0.1, 0.15) is 0 Å². The van der Waals surface area contributed by atoms with Gasteiger partial charge in [-0.05, 0) is 0 Å². The van der Waals surface area contributed by atoms with Crippen molar-refractivity contribution in [2.45, 2.75) is 6.18 Å². The van der Waals surface area contributed by atoms with E-state index < -0.39 is 23.2 Å². The number of alkyl halides is 3. The third kappa shape index (κ3) is 10.2. The number of hydrogen-bond acceptors (Lipinski definition) is 2. The molecule has 0 aromatic rings. The molecule has 0 heterocycles. The van der Waals surface area contributed by atoms with Crippen LogP contribution in [0.1, 0.15) is 0 Å². The molecule has 1 atom stereocenters. The SMILES string of the molecule is O=S(O)NCCSCC(F)(F)F. The summed E-state index contributed by atoms with van der Waals surface area (Å²) in [6.07, 6.45) is -4.16. The Morgan fingerprint density at radius 3 is 2.50 bits per heavy atom. The second-order valence-electron chi connectivity index (χ2n) is 1.81. The Hall–Kier alpha value is 0.210. The molecule has 0 aliphatic carbocycles. The average Bonchev–Trinajstić information content (AvgIpc) is 1.83. The maximum atomic E-state index is 11.5. The topological polar surface area (TPSA) is 49.3 Å². The fourth-order valence-corrected chi connectivity index (χ4v) is 1.42. The van der Waals surface area contributed by atoms with Gasteiger partial charge >= 0.3 is 6.18 Å². The summed E-state index contributed by atoms with van der Waals surface area (Å²) in [5.74, 6) is -0.765. The van der Waals surface area contributed by atoms with Crippen LogP contribution < -0.4 is 4.72 Å². The lowest BCUT2D eigenvalue weighted by atomic mass is 10.8. The summed E-state index contributed by atoms with van der Waals surface area (Å²) < 4.78 is 54.6. The highest BCUT2D eigenvalue weighted by molar-refractivity contribution is 7.99. The van der Waals surface area contributed by atoms with E-state index in [2.05, 4.69) is 4.72 Å². The lowest BCUT2D eigenvalue weighted by Gasteiger charge is -2.04. The predicted molar refractivity (Wildman–Crippen MR) is 42.2 cm³/mol. The van der Waals surface area contributed by atoms with E-state index in [1.165, 1.54) is 0 Å². The highest BCUT2D eigenvalue weighted by Gasteiger charge is 2.26. The molecule has 0 aliphatic rings. The molecule has 1 unspecified atom stereocenters. The first-order chi connectivity index (χ1) is 5.42. The molecule has 8 heteroatoms. The average molecular weight is 223 g/mol. The number of nitrogens with one attached hydrogen (secondary N) is 1. The largest absolute Gasteiger partial charge is 0.397 e. The lowest BCUT2D eigenvalue weighted by molar-refractivity contribution is -0.105. The Morgan fingerprint density at radius 2 is 2.08 bits per heavy atom. The van der Waals surface area contributed by atoms with Crippen molar-refractivity contribution in [3.8, 4) is 0 Å². The first-order valence-corrected chi connectivity index (χ1v) is 5.17. The van der Waals surface area contributed by atoms with Crippen molar-refractivity contribution in [1.82, 2.24) is 4.72 Å². The summed E-state index contributed by atoms with van der Waals surface area (Å²) in [5, 5.41) is 0. The molecular formula is C4H8F3NO2S2. The second-order valence-corrected chi connectivity index (χ2v) is 3.70. The van der Waals surface area contributed by atoms with Gasteiger partial charge in [-0.1, -0.05) is 0 Å². The molecule has 0 bridgehead atoms. The molecule has 74 valence electrons. The van der Waals surface area contributed by atoms with E-state index in [0.29, 0.717) is 11.8 Å². The van der Waals surface area contributed by atoms with E-state index in [1.807, 2.05) is 0 Å². The first-order valence-electron chi connectivity index (χ1n) is 2.90. The van der Waals surface area contributed by atoms with Crippen LogP contribution in [-0.2, 0) is 11.3 Å². The van der Waals surface area contributed by atoms with Gasteiger partial charge in [-0.2, -0.15) is 24.9 Å². The molecule has 0 aromatic carbocycles. The zero-order valence-corrected chi connectivity index (χ0v) is 7.56. The molecule has 12 heavy (non-hydrogen) atoms. The lowest BCUT2D eigenvalue weighted by Crippen LogP contribution is -2.20. The molecular weight excluding hydrogens is 215 g/mol. The predicted octanol–water partition coefficient (Wildman–Crippen LogP) is 1.01. The van der Waals surface area contributed by atoms with Gasteiger partial charge in [0.15, 0.2) is 0 Å². The maximum absolute atomic E-state index is 11.5. The molecule has 0 amide bonds. The number of hydrogen-bond donors (Lipinski definition) is 2. The van der Waals surface area contributed by atoms with Crippen LogP contribution in [-0.4, -0.2) is 33.0 Å². The molecule has 2 N–H and O–H groups in total. The van der Waals surface area contributed by atoms with Crippen LogP contribution in [0.2, 0.25) is 0 Å². The van der Waals surface area contributed by atoms with Crippen LogP contribution in [0, 0.1) is 0 Å². The van der Waals surface area contributed by atoms with Crippen molar-refractivity contribution >= 4 is 23.0 Å². The van der Waals surface area contributed by atoms with E-state index in [9.17, 15) is 17.4 Å². The maximum Gasteiger partial charge on any atom is 0.397 e. The summed E-state index contributed by atoms with van der Waals surface area (Å²) in [5.41, 5.74) is 0. The van der Waals surface area contributed by atoms with Crippen LogP contribution in [0.15, 0.2) is 0 Å². The van der Waals surface area contributed by atoms with E-state index in [-0.39, 0.29) is 12.3 Å². The Labute approximate surface area is 74.5 Å². The molecule has 0 saturated carbocycles. The van der Waals surface area contributed by atoms with Crippen molar-refractivity contribution in [1.29, 1.82) is 0 Å². The Kier molecular flexibility index (Phi) is 5.89. The van der Waals surface area contributed by atoms with Gasteiger partial charge in [0, 0.05) is 12.3 Å². The van der Waals surface area contributed by atoms with E-state index in [0.717, 1.165) is 0 Å². The van der Waals surface area contributed by atoms with Crippen LogP contribution in [0.4, 0.5) is 13.2 Å². The summed E-state index contributed by atoms with van der Waals surface area (Å²) >= 11 is -1.47. The van der Waals surface area contributed by atoms with Crippen LogP contribution in [0.5, 0.6) is 0 Å². The zero-order valence-electron chi connectivity index (χ0n) is 5.93. The molecule has 0 radical (unpaired) electrons. The van der Waals surface area contributed by atoms with Crippen molar-refractivity contribution < 1.29 is 21.9 Å². The molecule has 0 saturated heterocycles. The third-order valence-corrected chi connectivity index (χ3v) is 2.21. The second kappa shape index (κ2) is 5.79. The van der Waals surface area contributed by atoms with E-state index in [1.54, 1.807) is 0 Å². The Balaban J connectivity index is 3.17. The Bertz CT molecular complexity index is 152. The third-order valence-electron chi connectivity index (χ3n) is 0.738. The van der Waals surface area contributed by atoms with Crippen molar-refractivity contribution in [2.24, 2.45) is 0 Å². The normalized spacial score (nSPS) is 14.7. The molecule has 0 fully saturated rings. The smallest absolute Gasteiger partial charge is 0.294 e. The van der Waals surface area contributed by atoms with Gasteiger partial charge in [-0.25, -0.2) is 8.93 Å². The standard InChI is InChI=1S/C4H8F3NO2S2/c5-4(6,7)3-11-2-1-8-12(9)10/h8H,1-3H2,(H,9,10). The highest BCUT2D eigenvalue weighted by Crippen LogP contribution is 2.20. The summed E-state index contributed by atoms with van der Waals surface area (Å²) in [6.45, 7) is 0.0872. The van der Waals surface area contributed by atoms with E-state index >= 15 is 0 Å². The van der Waals surface area contributed by atoms with Crippen molar-refractivity contribution in [2.75, 3.05) is 18.1 Å². The minimum absolute atomic E-state index is 0.0872. The fourth-order valence-electron chi connectivity index (χ4n) is 0.389. The fraction of sp³-hybridized carbons (Fsp3) is 1.00. The summed E-state index contributed by atoms with van der Waals surface area (Å²) in [7, 11) is 0.